The van der Waals surface area contributed by atoms with Crippen LogP contribution in [-0.2, 0) is 4.74 Å². The summed E-state index contributed by atoms with van der Waals surface area (Å²) in [6.45, 7) is 9.02. The third-order valence-corrected chi connectivity index (χ3v) is 3.03. The Morgan fingerprint density at radius 2 is 2.22 bits per heavy atom. The topological polar surface area (TPSA) is 36.9 Å². The molecule has 18 heavy (non-hydrogen) atoms. The van der Waals surface area contributed by atoms with E-state index in [0.29, 0.717) is 5.92 Å². The Balaban J connectivity index is 0.00000289. The highest BCUT2D eigenvalue weighted by molar-refractivity contribution is 14.0. The van der Waals surface area contributed by atoms with Crippen LogP contribution in [0.2, 0.25) is 0 Å². The van der Waals surface area contributed by atoms with Crippen molar-refractivity contribution < 1.29 is 4.74 Å². The summed E-state index contributed by atoms with van der Waals surface area (Å²) in [7, 11) is 2.12. The minimum Gasteiger partial charge on any atom is -0.381 e. The number of aliphatic imine (C=N–C) groups is 1. The van der Waals surface area contributed by atoms with Crippen LogP contribution in [0.25, 0.3) is 0 Å². The Morgan fingerprint density at radius 3 is 2.78 bits per heavy atom. The lowest BCUT2D eigenvalue weighted by Crippen LogP contribution is -2.41. The van der Waals surface area contributed by atoms with Crippen LogP contribution < -0.4 is 5.32 Å². The molecule has 1 atom stereocenters. The van der Waals surface area contributed by atoms with E-state index in [1.807, 2.05) is 0 Å². The zero-order valence-corrected chi connectivity index (χ0v) is 14.3. The number of hydrogen-bond acceptors (Lipinski definition) is 2. The molecule has 1 unspecified atom stereocenters. The highest BCUT2D eigenvalue weighted by Crippen LogP contribution is 2.13. The van der Waals surface area contributed by atoms with Crippen molar-refractivity contribution >= 4 is 29.9 Å². The van der Waals surface area contributed by atoms with Gasteiger partial charge in [-0.1, -0.05) is 13.3 Å². The summed E-state index contributed by atoms with van der Waals surface area (Å²) >= 11 is 0. The van der Waals surface area contributed by atoms with Crippen molar-refractivity contribution in [2.75, 3.05) is 39.9 Å². The molecule has 1 aliphatic heterocycles. The fourth-order valence-electron chi connectivity index (χ4n) is 2.01. The van der Waals surface area contributed by atoms with Crippen LogP contribution in [0.3, 0.4) is 0 Å². The van der Waals surface area contributed by atoms with Crippen molar-refractivity contribution in [2.24, 2.45) is 10.9 Å². The molecule has 0 radical (unpaired) electrons. The molecule has 1 N–H and O–H groups in total. The van der Waals surface area contributed by atoms with Gasteiger partial charge in [-0.3, -0.25) is 4.99 Å². The Bertz CT molecular complexity index is 230. The number of rotatable bonds is 6. The lowest BCUT2D eigenvalue weighted by atomic mass is 10.1. The smallest absolute Gasteiger partial charge is 0.193 e. The largest absolute Gasteiger partial charge is 0.381 e. The summed E-state index contributed by atoms with van der Waals surface area (Å²) in [5, 5.41) is 3.35. The molecule has 108 valence electrons. The maximum absolute atomic E-state index is 5.41. The quantitative estimate of drug-likeness (QED) is 0.338. The highest BCUT2D eigenvalue weighted by atomic mass is 127. The minimum atomic E-state index is 0. The van der Waals surface area contributed by atoms with Gasteiger partial charge in [-0.25, -0.2) is 0 Å². The summed E-state index contributed by atoms with van der Waals surface area (Å²) in [6.07, 6.45) is 3.54. The molecule has 0 amide bonds. The Hall–Kier alpha value is -0.0400. The maximum atomic E-state index is 5.41. The fourth-order valence-corrected chi connectivity index (χ4v) is 2.01. The molecular weight excluding hydrogens is 341 g/mol. The Kier molecular flexibility index (Phi) is 10.8. The number of unbranched alkanes of at least 4 members (excludes halogenated alkanes) is 1. The van der Waals surface area contributed by atoms with Gasteiger partial charge in [-0.05, 0) is 19.8 Å². The van der Waals surface area contributed by atoms with Crippen LogP contribution in [0.1, 0.15) is 33.1 Å². The number of nitrogens with zero attached hydrogens (tertiary/aromatic N) is 2. The van der Waals surface area contributed by atoms with Crippen LogP contribution in [0.5, 0.6) is 0 Å². The highest BCUT2D eigenvalue weighted by Gasteiger charge is 2.18. The molecule has 1 rings (SSSR count). The summed E-state index contributed by atoms with van der Waals surface area (Å²) in [6, 6.07) is 0. The van der Waals surface area contributed by atoms with Crippen molar-refractivity contribution in [3.63, 3.8) is 0 Å². The molecule has 0 aromatic rings. The van der Waals surface area contributed by atoms with E-state index >= 15 is 0 Å². The minimum absolute atomic E-state index is 0. The van der Waals surface area contributed by atoms with Gasteiger partial charge in [0.1, 0.15) is 0 Å². The van der Waals surface area contributed by atoms with Gasteiger partial charge in [0.15, 0.2) is 5.96 Å². The van der Waals surface area contributed by atoms with Gasteiger partial charge in [0.2, 0.25) is 0 Å². The van der Waals surface area contributed by atoms with Gasteiger partial charge in [0, 0.05) is 39.2 Å². The molecule has 0 saturated carbocycles. The molecule has 0 bridgehead atoms. The molecule has 0 spiro atoms. The number of hydrogen-bond donors (Lipinski definition) is 1. The predicted molar refractivity (Wildman–Crippen MR) is 87.9 cm³/mol. The van der Waals surface area contributed by atoms with Gasteiger partial charge in [0.25, 0.3) is 0 Å². The average molecular weight is 369 g/mol. The molecule has 0 aromatic heterocycles. The summed E-state index contributed by atoms with van der Waals surface area (Å²) in [5.41, 5.74) is 0. The Morgan fingerprint density at radius 1 is 1.44 bits per heavy atom. The summed E-state index contributed by atoms with van der Waals surface area (Å²) in [5.74, 6) is 1.70. The van der Waals surface area contributed by atoms with Gasteiger partial charge >= 0.3 is 0 Å². The van der Waals surface area contributed by atoms with Crippen LogP contribution in [-0.4, -0.2) is 50.8 Å². The zero-order valence-electron chi connectivity index (χ0n) is 11.9. The molecule has 1 aliphatic rings. The van der Waals surface area contributed by atoms with E-state index in [1.54, 1.807) is 0 Å². The van der Waals surface area contributed by atoms with Crippen LogP contribution in [0.4, 0.5) is 0 Å². The van der Waals surface area contributed by atoms with Gasteiger partial charge in [-0.15, -0.1) is 24.0 Å². The number of nitrogens with one attached hydrogen (secondary N) is 1. The average Bonchev–Trinajstić information content (AvgIpc) is 2.81. The predicted octanol–water partition coefficient (Wildman–Crippen LogP) is 2.34. The van der Waals surface area contributed by atoms with E-state index < -0.39 is 0 Å². The second-order valence-corrected chi connectivity index (χ2v) is 4.70. The third kappa shape index (κ3) is 6.78. The second kappa shape index (κ2) is 10.8. The number of guanidine groups is 1. The molecule has 1 fully saturated rings. The van der Waals surface area contributed by atoms with E-state index in [-0.39, 0.29) is 24.0 Å². The van der Waals surface area contributed by atoms with Crippen molar-refractivity contribution in [2.45, 2.75) is 33.1 Å². The standard InChI is InChI=1S/C13H27N3O.HI/c1-4-6-8-15-13(14-5-2)16(3)10-12-7-9-17-11-12;/h12H,4-11H2,1-3H3,(H,14,15);1H. The number of halogens is 1. The van der Waals surface area contributed by atoms with E-state index in [9.17, 15) is 0 Å². The van der Waals surface area contributed by atoms with Gasteiger partial charge in [0.05, 0.1) is 6.61 Å². The van der Waals surface area contributed by atoms with Crippen LogP contribution >= 0.6 is 24.0 Å². The lowest BCUT2D eigenvalue weighted by molar-refractivity contribution is 0.181. The van der Waals surface area contributed by atoms with E-state index in [2.05, 4.69) is 36.1 Å². The first-order valence-electron chi connectivity index (χ1n) is 6.85. The van der Waals surface area contributed by atoms with Crippen molar-refractivity contribution in [1.29, 1.82) is 0 Å². The van der Waals surface area contributed by atoms with Crippen LogP contribution in [0, 0.1) is 5.92 Å². The van der Waals surface area contributed by atoms with Crippen molar-refractivity contribution in [1.82, 2.24) is 10.2 Å². The lowest BCUT2D eigenvalue weighted by Gasteiger charge is -2.24. The SMILES string of the molecule is CCCCN=C(NCC)N(C)CC1CCOC1.I. The second-order valence-electron chi connectivity index (χ2n) is 4.70. The molecule has 5 heteroatoms. The summed E-state index contributed by atoms with van der Waals surface area (Å²) in [4.78, 5) is 6.87. The first-order chi connectivity index (χ1) is 8.27. The zero-order chi connectivity index (χ0) is 12.5. The van der Waals surface area contributed by atoms with E-state index in [0.717, 1.165) is 45.2 Å². The van der Waals surface area contributed by atoms with Crippen LogP contribution in [0.15, 0.2) is 4.99 Å². The Labute approximate surface area is 129 Å². The third-order valence-electron chi connectivity index (χ3n) is 3.03. The van der Waals surface area contributed by atoms with Crippen molar-refractivity contribution in [3.05, 3.63) is 0 Å². The first kappa shape index (κ1) is 18.0. The van der Waals surface area contributed by atoms with Gasteiger partial charge in [-0.2, -0.15) is 0 Å². The molecule has 0 aromatic carbocycles. The molecule has 4 nitrogen and oxygen atoms in total. The molecule has 0 aliphatic carbocycles. The van der Waals surface area contributed by atoms with Gasteiger partial charge < -0.3 is 15.0 Å². The monoisotopic (exact) mass is 369 g/mol. The summed E-state index contributed by atoms with van der Waals surface area (Å²) < 4.78 is 5.41. The van der Waals surface area contributed by atoms with E-state index in [1.165, 1.54) is 12.8 Å². The van der Waals surface area contributed by atoms with Crippen molar-refractivity contribution in [3.8, 4) is 0 Å². The molecular formula is C13H28IN3O. The fraction of sp³-hybridized carbons (Fsp3) is 0.923. The molecule has 1 heterocycles. The van der Waals surface area contributed by atoms with E-state index in [4.69, 9.17) is 4.74 Å². The molecule has 1 saturated heterocycles. The number of ether oxygens (including phenoxy) is 1. The normalized spacial score (nSPS) is 19.5. The first-order valence-corrected chi connectivity index (χ1v) is 6.85. The maximum Gasteiger partial charge on any atom is 0.193 e.